The number of benzene rings is 2. The first-order chi connectivity index (χ1) is 17.4. The first kappa shape index (κ1) is 26.8. The number of anilines is 1. The molecular weight excluding hydrogens is 500 g/mol. The Morgan fingerprint density at radius 3 is 2.27 bits per heavy atom. The molecular formula is C26H27F6N3O2. The maximum absolute atomic E-state index is 12.2. The molecule has 3 aromatic rings. The number of carbonyl (C=O) groups excluding carboxylic acids is 1. The highest BCUT2D eigenvalue weighted by molar-refractivity contribution is 6.03. The van der Waals surface area contributed by atoms with Gasteiger partial charge in [0.15, 0.2) is 0 Å². The average Bonchev–Trinajstić information content (AvgIpc) is 3.12. The molecule has 1 aromatic heterocycles. The van der Waals surface area contributed by atoms with Crippen LogP contribution in [0.5, 0.6) is 5.75 Å². The fourth-order valence-electron chi connectivity index (χ4n) is 4.34. The molecule has 200 valence electrons. The maximum Gasteiger partial charge on any atom is 0.416 e. The number of fused-ring (bicyclic) bond motifs is 1. The SMILES string of the molecule is FC(F)(F)c1ccc(C2CCC2)cc1.O=C(Nc1c[nH]c2ccc(O)cc12)C1CN(CCC(F)(F)F)C1. The lowest BCUT2D eigenvalue weighted by Gasteiger charge is -2.38. The van der Waals surface area contributed by atoms with Crippen molar-refractivity contribution < 1.29 is 36.2 Å². The molecule has 11 heteroatoms. The minimum atomic E-state index is -4.21. The van der Waals surface area contributed by atoms with Crippen molar-refractivity contribution in [3.05, 3.63) is 59.8 Å². The third kappa shape index (κ3) is 6.97. The van der Waals surface area contributed by atoms with Crippen LogP contribution in [0.2, 0.25) is 0 Å². The van der Waals surface area contributed by atoms with Crippen LogP contribution in [0.15, 0.2) is 48.7 Å². The van der Waals surface area contributed by atoms with Gasteiger partial charge in [0.25, 0.3) is 0 Å². The molecule has 5 rings (SSSR count). The van der Waals surface area contributed by atoms with Gasteiger partial charge in [-0.2, -0.15) is 26.3 Å². The Morgan fingerprint density at radius 1 is 1.03 bits per heavy atom. The first-order valence-electron chi connectivity index (χ1n) is 12.0. The van der Waals surface area contributed by atoms with Gasteiger partial charge in [-0.05, 0) is 54.7 Å². The van der Waals surface area contributed by atoms with Crippen LogP contribution in [0, 0.1) is 5.92 Å². The minimum Gasteiger partial charge on any atom is -0.508 e. The summed E-state index contributed by atoms with van der Waals surface area (Å²) in [5, 5.41) is 13.0. The Labute approximate surface area is 209 Å². The summed E-state index contributed by atoms with van der Waals surface area (Å²) in [5.41, 5.74) is 1.82. The molecule has 0 spiro atoms. The van der Waals surface area contributed by atoms with Crippen LogP contribution in [0.3, 0.4) is 0 Å². The Hall–Kier alpha value is -3.21. The number of halogens is 6. The molecule has 1 aliphatic heterocycles. The molecule has 1 amide bonds. The molecule has 3 N–H and O–H groups in total. The number of nitrogens with zero attached hydrogens (tertiary/aromatic N) is 1. The number of carbonyl (C=O) groups is 1. The zero-order valence-corrected chi connectivity index (χ0v) is 19.8. The number of likely N-dealkylation sites (tertiary alicyclic amines) is 1. The van der Waals surface area contributed by atoms with Gasteiger partial charge in [-0.1, -0.05) is 18.6 Å². The lowest BCUT2D eigenvalue weighted by molar-refractivity contribution is -0.143. The number of nitrogens with one attached hydrogen (secondary N) is 2. The van der Waals surface area contributed by atoms with Crippen molar-refractivity contribution in [2.24, 2.45) is 5.92 Å². The Bertz CT molecular complexity index is 1210. The lowest BCUT2D eigenvalue weighted by Crippen LogP contribution is -2.52. The number of rotatable bonds is 5. The van der Waals surface area contributed by atoms with E-state index in [1.54, 1.807) is 29.3 Å². The third-order valence-electron chi connectivity index (χ3n) is 6.78. The smallest absolute Gasteiger partial charge is 0.416 e. The van der Waals surface area contributed by atoms with Crippen molar-refractivity contribution in [2.45, 2.75) is 44.0 Å². The molecule has 37 heavy (non-hydrogen) atoms. The Morgan fingerprint density at radius 2 is 1.70 bits per heavy atom. The quantitative estimate of drug-likeness (QED) is 0.325. The van der Waals surface area contributed by atoms with Crippen molar-refractivity contribution in [3.63, 3.8) is 0 Å². The van der Waals surface area contributed by atoms with Gasteiger partial charge < -0.3 is 20.3 Å². The van der Waals surface area contributed by atoms with Gasteiger partial charge >= 0.3 is 12.4 Å². The van der Waals surface area contributed by atoms with Gasteiger partial charge in [0.2, 0.25) is 5.91 Å². The summed E-state index contributed by atoms with van der Waals surface area (Å²) >= 11 is 0. The molecule has 2 heterocycles. The summed E-state index contributed by atoms with van der Waals surface area (Å²) in [6.07, 6.45) is -4.18. The van der Waals surface area contributed by atoms with Crippen LogP contribution in [0.4, 0.5) is 32.0 Å². The standard InChI is InChI=1S/C15H16F3N3O2.C11H11F3/c16-15(17,18)3-4-21-7-9(8-21)14(23)20-13-6-19-12-2-1-10(22)5-11(12)13;12-11(13,14)10-6-4-9(5-7-10)8-2-1-3-8/h1-2,5-6,9,19,22H,3-4,7-8H2,(H,20,23);4-8H,1-3H2. The maximum atomic E-state index is 12.2. The summed E-state index contributed by atoms with van der Waals surface area (Å²) < 4.78 is 73.1. The van der Waals surface area contributed by atoms with Crippen molar-refractivity contribution >= 4 is 22.5 Å². The molecule has 1 saturated heterocycles. The number of aromatic nitrogens is 1. The monoisotopic (exact) mass is 527 g/mol. The van der Waals surface area contributed by atoms with Crippen LogP contribution < -0.4 is 5.32 Å². The highest BCUT2D eigenvalue weighted by atomic mass is 19.4. The van der Waals surface area contributed by atoms with Crippen molar-refractivity contribution in [1.82, 2.24) is 9.88 Å². The first-order valence-corrected chi connectivity index (χ1v) is 12.0. The summed E-state index contributed by atoms with van der Waals surface area (Å²) in [5.74, 6) is 0.0508. The summed E-state index contributed by atoms with van der Waals surface area (Å²) in [6, 6.07) is 10.3. The second-order valence-electron chi connectivity index (χ2n) is 9.49. The molecule has 0 bridgehead atoms. The van der Waals surface area contributed by atoms with E-state index < -0.39 is 24.3 Å². The summed E-state index contributed by atoms with van der Waals surface area (Å²) in [7, 11) is 0. The molecule has 1 saturated carbocycles. The predicted molar refractivity (Wildman–Crippen MR) is 127 cm³/mol. The number of phenols is 1. The number of amides is 1. The topological polar surface area (TPSA) is 68.4 Å². The number of phenolic OH excluding ortho intramolecular Hbond substituents is 1. The number of hydrogen-bond donors (Lipinski definition) is 3. The average molecular weight is 528 g/mol. The molecule has 2 aliphatic rings. The number of aromatic amines is 1. The van der Waals surface area contributed by atoms with Gasteiger partial charge in [-0.25, -0.2) is 0 Å². The zero-order chi connectivity index (χ0) is 26.8. The van der Waals surface area contributed by atoms with Crippen molar-refractivity contribution in [2.75, 3.05) is 25.0 Å². The van der Waals surface area contributed by atoms with E-state index >= 15 is 0 Å². The lowest BCUT2D eigenvalue weighted by atomic mass is 9.80. The summed E-state index contributed by atoms with van der Waals surface area (Å²) in [6.45, 7) is 0.583. The third-order valence-corrected chi connectivity index (χ3v) is 6.78. The fourth-order valence-corrected chi connectivity index (χ4v) is 4.34. The molecule has 0 atom stereocenters. The van der Waals surface area contributed by atoms with Crippen LogP contribution in [-0.4, -0.2) is 46.7 Å². The molecule has 2 fully saturated rings. The second kappa shape index (κ2) is 10.6. The van der Waals surface area contributed by atoms with E-state index in [2.05, 4.69) is 10.3 Å². The van der Waals surface area contributed by atoms with E-state index in [-0.39, 0.29) is 24.1 Å². The molecule has 0 unspecified atom stereocenters. The van der Waals surface area contributed by atoms with E-state index in [1.165, 1.54) is 30.7 Å². The van der Waals surface area contributed by atoms with Crippen molar-refractivity contribution in [3.8, 4) is 5.75 Å². The van der Waals surface area contributed by atoms with E-state index in [0.29, 0.717) is 30.1 Å². The predicted octanol–water partition coefficient (Wildman–Crippen LogP) is 6.67. The van der Waals surface area contributed by atoms with Crippen LogP contribution >= 0.6 is 0 Å². The number of H-pyrrole nitrogens is 1. The largest absolute Gasteiger partial charge is 0.508 e. The molecule has 0 radical (unpaired) electrons. The van der Waals surface area contributed by atoms with Crippen molar-refractivity contribution in [1.29, 1.82) is 0 Å². The molecule has 1 aliphatic carbocycles. The van der Waals surface area contributed by atoms with E-state index in [4.69, 9.17) is 0 Å². The van der Waals surface area contributed by atoms with Gasteiger partial charge in [0, 0.05) is 36.7 Å². The van der Waals surface area contributed by atoms with E-state index in [9.17, 15) is 36.2 Å². The highest BCUT2D eigenvalue weighted by Gasteiger charge is 2.36. The van der Waals surface area contributed by atoms with Gasteiger partial charge in [-0.3, -0.25) is 4.79 Å². The van der Waals surface area contributed by atoms with Crippen LogP contribution in [0.1, 0.15) is 42.7 Å². The normalized spacial score (nSPS) is 17.0. The Balaban J connectivity index is 0.000000195. The molecule has 2 aromatic carbocycles. The Kier molecular flexibility index (Phi) is 7.72. The summed E-state index contributed by atoms with van der Waals surface area (Å²) in [4.78, 5) is 16.7. The van der Waals surface area contributed by atoms with Crippen LogP contribution in [0.25, 0.3) is 10.9 Å². The minimum absolute atomic E-state index is 0.0752. The number of hydrogen-bond acceptors (Lipinski definition) is 3. The van der Waals surface area contributed by atoms with E-state index in [1.807, 2.05) is 0 Å². The van der Waals surface area contributed by atoms with E-state index in [0.717, 1.165) is 23.9 Å². The fraction of sp³-hybridized carbons (Fsp3) is 0.423. The highest BCUT2D eigenvalue weighted by Crippen LogP contribution is 2.37. The molecule has 5 nitrogen and oxygen atoms in total. The van der Waals surface area contributed by atoms with Crippen LogP contribution in [-0.2, 0) is 11.0 Å². The van der Waals surface area contributed by atoms with Gasteiger partial charge in [-0.15, -0.1) is 0 Å². The van der Waals surface area contributed by atoms with Gasteiger partial charge in [0.1, 0.15) is 5.75 Å². The zero-order valence-electron chi connectivity index (χ0n) is 19.8. The second-order valence-corrected chi connectivity index (χ2v) is 9.49. The number of alkyl halides is 6. The number of aromatic hydroxyl groups is 1. The van der Waals surface area contributed by atoms with Gasteiger partial charge in [0.05, 0.1) is 23.6 Å².